The molecule has 9 heteroatoms. The molecule has 2 aromatic carbocycles. The van der Waals surface area contributed by atoms with Crippen molar-refractivity contribution in [2.75, 3.05) is 12.3 Å². The van der Waals surface area contributed by atoms with Crippen LogP contribution in [0.15, 0.2) is 36.4 Å². The van der Waals surface area contributed by atoms with E-state index in [9.17, 15) is 14.0 Å². The molecule has 32 heavy (non-hydrogen) atoms. The molecule has 1 N–H and O–H groups in total. The lowest BCUT2D eigenvalue weighted by molar-refractivity contribution is -0.138. The van der Waals surface area contributed by atoms with E-state index in [1.165, 1.54) is 28.8 Å². The van der Waals surface area contributed by atoms with Crippen LogP contribution in [0.25, 0.3) is 0 Å². The number of rotatable bonds is 10. The molecule has 0 saturated heterocycles. The molecular formula is C23H26Cl3FN2O2S. The van der Waals surface area contributed by atoms with E-state index < -0.39 is 11.9 Å². The van der Waals surface area contributed by atoms with Crippen LogP contribution in [0.4, 0.5) is 4.39 Å². The van der Waals surface area contributed by atoms with Gasteiger partial charge >= 0.3 is 0 Å². The number of halogens is 4. The van der Waals surface area contributed by atoms with E-state index >= 15 is 0 Å². The molecule has 0 spiro atoms. The minimum atomic E-state index is -0.701. The second-order valence-corrected chi connectivity index (χ2v) is 9.99. The lowest BCUT2D eigenvalue weighted by Gasteiger charge is -2.29. The number of hydrogen-bond acceptors (Lipinski definition) is 3. The maximum absolute atomic E-state index is 14.0. The highest BCUT2D eigenvalue weighted by molar-refractivity contribution is 7.99. The van der Waals surface area contributed by atoms with Gasteiger partial charge < -0.3 is 10.2 Å². The minimum Gasteiger partial charge on any atom is -0.354 e. The van der Waals surface area contributed by atoms with Gasteiger partial charge in [-0.2, -0.15) is 0 Å². The zero-order chi connectivity index (χ0) is 23.8. The average Bonchev–Trinajstić information content (AvgIpc) is 2.74. The quantitative estimate of drug-likeness (QED) is 0.406. The number of hydrogen-bond donors (Lipinski definition) is 1. The fourth-order valence-electron chi connectivity index (χ4n) is 2.86. The van der Waals surface area contributed by atoms with Crippen molar-refractivity contribution in [1.29, 1.82) is 0 Å². The van der Waals surface area contributed by atoms with Crippen LogP contribution in [0.2, 0.25) is 15.1 Å². The Morgan fingerprint density at radius 3 is 2.41 bits per heavy atom. The molecule has 2 rings (SSSR count). The number of amides is 2. The van der Waals surface area contributed by atoms with E-state index in [-0.39, 0.29) is 35.8 Å². The van der Waals surface area contributed by atoms with Crippen LogP contribution in [0.3, 0.4) is 0 Å². The molecule has 0 fully saturated rings. The third-order valence-corrected chi connectivity index (χ3v) is 6.76. The van der Waals surface area contributed by atoms with Crippen molar-refractivity contribution in [2.24, 2.45) is 5.92 Å². The minimum absolute atomic E-state index is 0.0633. The average molecular weight is 520 g/mol. The molecule has 0 bridgehead atoms. The van der Waals surface area contributed by atoms with Gasteiger partial charge in [0.1, 0.15) is 11.9 Å². The molecule has 2 amide bonds. The predicted octanol–water partition coefficient (Wildman–Crippen LogP) is 6.21. The summed E-state index contributed by atoms with van der Waals surface area (Å²) in [7, 11) is 0. The molecule has 0 heterocycles. The maximum Gasteiger partial charge on any atom is 0.242 e. The van der Waals surface area contributed by atoms with Gasteiger partial charge in [0.2, 0.25) is 11.8 Å². The van der Waals surface area contributed by atoms with Crippen molar-refractivity contribution in [2.45, 2.75) is 39.1 Å². The standard InChI is InChI=1S/C23H26Cl3FN2O2S/c1-14(2)10-28-23(31)15(3)29(11-16-7-8-19(25)20(26)9-16)22(30)13-32-12-17-18(24)5-4-6-21(17)27/h4-9,14-15H,10-13H2,1-3H3,(H,28,31). The number of nitrogens with one attached hydrogen (secondary N) is 1. The van der Waals surface area contributed by atoms with E-state index in [1.54, 1.807) is 31.2 Å². The SMILES string of the molecule is CC(C)CNC(=O)C(C)N(Cc1ccc(Cl)c(Cl)c1)C(=O)CSCc1c(F)cccc1Cl. The summed E-state index contributed by atoms with van der Waals surface area (Å²) in [5.41, 5.74) is 1.10. The summed E-state index contributed by atoms with van der Waals surface area (Å²) in [4.78, 5) is 27.2. The molecule has 0 aliphatic heterocycles. The summed E-state index contributed by atoms with van der Waals surface area (Å²) < 4.78 is 14.0. The summed E-state index contributed by atoms with van der Waals surface area (Å²) in [6.45, 7) is 6.37. The molecule has 0 radical (unpaired) electrons. The van der Waals surface area contributed by atoms with Gasteiger partial charge in [0.15, 0.2) is 0 Å². The van der Waals surface area contributed by atoms with Crippen molar-refractivity contribution >= 4 is 58.4 Å². The Labute approximate surface area is 207 Å². The number of nitrogens with zero attached hydrogens (tertiary/aromatic N) is 1. The fourth-order valence-corrected chi connectivity index (χ4v) is 4.43. The van der Waals surface area contributed by atoms with Gasteiger partial charge in [0.05, 0.1) is 15.8 Å². The molecule has 2 aromatic rings. The lowest BCUT2D eigenvalue weighted by Crippen LogP contribution is -2.48. The summed E-state index contributed by atoms with van der Waals surface area (Å²) in [6, 6.07) is 8.87. The lowest BCUT2D eigenvalue weighted by atomic mass is 10.1. The molecule has 1 atom stereocenters. The Bertz CT molecular complexity index is 939. The normalized spacial score (nSPS) is 12.0. The first-order valence-electron chi connectivity index (χ1n) is 10.1. The van der Waals surface area contributed by atoms with Gasteiger partial charge in [-0.1, -0.05) is 60.8 Å². The predicted molar refractivity (Wildman–Crippen MR) is 132 cm³/mol. The van der Waals surface area contributed by atoms with Gasteiger partial charge in [-0.05, 0) is 42.7 Å². The first-order chi connectivity index (χ1) is 15.1. The van der Waals surface area contributed by atoms with Crippen molar-refractivity contribution in [3.8, 4) is 0 Å². The largest absolute Gasteiger partial charge is 0.354 e. The van der Waals surface area contributed by atoms with Gasteiger partial charge in [-0.25, -0.2) is 4.39 Å². The van der Waals surface area contributed by atoms with Crippen LogP contribution in [-0.2, 0) is 21.9 Å². The second kappa shape index (κ2) is 12.7. The highest BCUT2D eigenvalue weighted by Gasteiger charge is 2.26. The first kappa shape index (κ1) is 26.8. The zero-order valence-corrected chi connectivity index (χ0v) is 21.2. The van der Waals surface area contributed by atoms with Gasteiger partial charge in [0, 0.05) is 29.4 Å². The van der Waals surface area contributed by atoms with Crippen LogP contribution >= 0.6 is 46.6 Å². The molecule has 0 aliphatic carbocycles. The number of carbonyl (C=O) groups is 2. The maximum atomic E-state index is 14.0. The molecule has 0 aromatic heterocycles. The Morgan fingerprint density at radius 1 is 1.06 bits per heavy atom. The zero-order valence-electron chi connectivity index (χ0n) is 18.1. The van der Waals surface area contributed by atoms with Crippen LogP contribution in [0.5, 0.6) is 0 Å². The van der Waals surface area contributed by atoms with E-state index in [4.69, 9.17) is 34.8 Å². The van der Waals surface area contributed by atoms with Crippen LogP contribution in [-0.4, -0.2) is 35.1 Å². The van der Waals surface area contributed by atoms with Crippen molar-refractivity contribution in [1.82, 2.24) is 10.2 Å². The van der Waals surface area contributed by atoms with Crippen molar-refractivity contribution < 1.29 is 14.0 Å². The van der Waals surface area contributed by atoms with E-state index in [2.05, 4.69) is 5.32 Å². The van der Waals surface area contributed by atoms with Crippen LogP contribution in [0, 0.1) is 11.7 Å². The second-order valence-electron chi connectivity index (χ2n) is 7.78. The van der Waals surface area contributed by atoms with Gasteiger partial charge in [0.25, 0.3) is 0 Å². The van der Waals surface area contributed by atoms with Crippen LogP contribution in [0.1, 0.15) is 31.9 Å². The first-order valence-corrected chi connectivity index (χ1v) is 12.4. The summed E-state index contributed by atoms with van der Waals surface area (Å²) >= 11 is 19.4. The smallest absolute Gasteiger partial charge is 0.242 e. The van der Waals surface area contributed by atoms with Crippen molar-refractivity contribution in [3.05, 3.63) is 68.4 Å². The Balaban J connectivity index is 2.13. The van der Waals surface area contributed by atoms with Gasteiger partial charge in [-0.15, -0.1) is 11.8 Å². The van der Waals surface area contributed by atoms with Crippen LogP contribution < -0.4 is 5.32 Å². The Morgan fingerprint density at radius 2 is 1.78 bits per heavy atom. The monoisotopic (exact) mass is 518 g/mol. The molecule has 1 unspecified atom stereocenters. The topological polar surface area (TPSA) is 49.4 Å². The molecule has 174 valence electrons. The van der Waals surface area contributed by atoms with E-state index in [0.29, 0.717) is 27.2 Å². The number of benzene rings is 2. The third-order valence-electron chi connectivity index (χ3n) is 4.72. The highest BCUT2D eigenvalue weighted by atomic mass is 35.5. The van der Waals surface area contributed by atoms with Crippen molar-refractivity contribution in [3.63, 3.8) is 0 Å². The third kappa shape index (κ3) is 7.84. The Hall–Kier alpha value is -1.47. The summed E-state index contributed by atoms with van der Waals surface area (Å²) in [6.07, 6.45) is 0. The highest BCUT2D eigenvalue weighted by Crippen LogP contribution is 2.26. The molecular weight excluding hydrogens is 494 g/mol. The van der Waals surface area contributed by atoms with E-state index in [0.717, 1.165) is 5.56 Å². The number of thioether (sulfide) groups is 1. The summed E-state index contributed by atoms with van der Waals surface area (Å²) in [5.74, 6) is -0.312. The summed E-state index contributed by atoms with van der Waals surface area (Å²) in [5, 5.41) is 3.97. The Kier molecular flexibility index (Phi) is 10.6. The van der Waals surface area contributed by atoms with Gasteiger partial charge in [-0.3, -0.25) is 9.59 Å². The molecule has 0 aliphatic rings. The molecule has 4 nitrogen and oxygen atoms in total. The fraction of sp³-hybridized carbons (Fsp3) is 0.391. The van der Waals surface area contributed by atoms with E-state index in [1.807, 2.05) is 13.8 Å². The molecule has 0 saturated carbocycles. The number of carbonyl (C=O) groups excluding carboxylic acids is 2.